The highest BCUT2D eigenvalue weighted by Crippen LogP contribution is 2.24. The van der Waals surface area contributed by atoms with Crippen molar-refractivity contribution < 1.29 is 17.9 Å². The van der Waals surface area contributed by atoms with E-state index in [1.54, 1.807) is 61.5 Å². The van der Waals surface area contributed by atoms with Gasteiger partial charge in [0.25, 0.3) is 0 Å². The van der Waals surface area contributed by atoms with Crippen LogP contribution in [-0.4, -0.2) is 25.5 Å². The molecular formula is C25H21ClN2O5S. The van der Waals surface area contributed by atoms with Gasteiger partial charge in [-0.2, -0.15) is 0 Å². The zero-order chi connectivity index (χ0) is 24.3. The monoisotopic (exact) mass is 496 g/mol. The number of hydrogen-bond donors (Lipinski definition) is 1. The molecule has 9 heteroatoms. The summed E-state index contributed by atoms with van der Waals surface area (Å²) in [4.78, 5) is 25.7. The second kappa shape index (κ2) is 9.70. The van der Waals surface area contributed by atoms with Crippen molar-refractivity contribution in [2.45, 2.75) is 23.3 Å². The molecule has 0 radical (unpaired) electrons. The molecular weight excluding hydrogens is 476 g/mol. The predicted octanol–water partition coefficient (Wildman–Crippen LogP) is 4.53. The van der Waals surface area contributed by atoms with E-state index in [0.717, 1.165) is 0 Å². The highest BCUT2D eigenvalue weighted by Gasteiger charge is 2.24. The molecule has 1 heterocycles. The SMILES string of the molecule is CCOc1ccc2c(c1)c(=O)c(S(=O)(=O)c1ccccc1)cn2CC(=O)Nc1cccc(Cl)c1. The van der Waals surface area contributed by atoms with Crippen molar-refractivity contribution in [2.75, 3.05) is 11.9 Å². The van der Waals surface area contributed by atoms with E-state index in [2.05, 4.69) is 5.32 Å². The second-order valence-electron chi connectivity index (χ2n) is 7.44. The lowest BCUT2D eigenvalue weighted by atomic mass is 10.2. The maximum Gasteiger partial charge on any atom is 0.244 e. The highest BCUT2D eigenvalue weighted by atomic mass is 35.5. The van der Waals surface area contributed by atoms with E-state index >= 15 is 0 Å². The first-order chi connectivity index (χ1) is 16.3. The summed E-state index contributed by atoms with van der Waals surface area (Å²) in [7, 11) is -4.13. The molecule has 0 fully saturated rings. The van der Waals surface area contributed by atoms with E-state index in [0.29, 0.717) is 28.6 Å². The standard InChI is InChI=1S/C25H21ClN2O5S/c1-2-33-19-11-12-22-21(14-19)25(30)23(34(31,32)20-9-4-3-5-10-20)15-28(22)16-24(29)27-18-8-6-7-17(26)13-18/h3-15H,2,16H2,1H3,(H,27,29). The maximum absolute atomic E-state index is 13.3. The number of carbonyl (C=O) groups is 1. The van der Waals surface area contributed by atoms with Crippen LogP contribution in [0.3, 0.4) is 0 Å². The molecule has 34 heavy (non-hydrogen) atoms. The fraction of sp³-hybridized carbons (Fsp3) is 0.120. The molecule has 0 bridgehead atoms. The van der Waals surface area contributed by atoms with Crippen molar-refractivity contribution in [3.05, 3.63) is 94.2 Å². The van der Waals surface area contributed by atoms with Crippen molar-refractivity contribution >= 4 is 43.9 Å². The number of aromatic nitrogens is 1. The molecule has 0 saturated heterocycles. The van der Waals surface area contributed by atoms with Crippen LogP contribution in [0.15, 0.2) is 93.6 Å². The number of rotatable bonds is 7. The zero-order valence-corrected chi connectivity index (χ0v) is 19.8. The van der Waals surface area contributed by atoms with Gasteiger partial charge in [-0.05, 0) is 55.5 Å². The molecule has 0 spiro atoms. The molecule has 4 aromatic rings. The lowest BCUT2D eigenvalue weighted by Crippen LogP contribution is -2.24. The van der Waals surface area contributed by atoms with Gasteiger partial charge in [0.15, 0.2) is 0 Å². The summed E-state index contributed by atoms with van der Waals surface area (Å²) in [5.41, 5.74) is 0.243. The Labute approximate surface area is 201 Å². The molecule has 0 aliphatic carbocycles. The summed E-state index contributed by atoms with van der Waals surface area (Å²) in [6.45, 7) is 1.96. The molecule has 1 aromatic heterocycles. The van der Waals surface area contributed by atoms with E-state index in [-0.39, 0.29) is 16.8 Å². The summed E-state index contributed by atoms with van der Waals surface area (Å²) >= 11 is 5.98. The van der Waals surface area contributed by atoms with Gasteiger partial charge >= 0.3 is 0 Å². The molecule has 0 aliphatic rings. The molecule has 4 rings (SSSR count). The quantitative estimate of drug-likeness (QED) is 0.406. The Balaban J connectivity index is 1.84. The fourth-order valence-corrected chi connectivity index (χ4v) is 5.16. The molecule has 174 valence electrons. The Hall–Kier alpha value is -3.62. The summed E-state index contributed by atoms with van der Waals surface area (Å²) in [6, 6.07) is 19.2. The fourth-order valence-electron chi connectivity index (χ4n) is 3.58. The largest absolute Gasteiger partial charge is 0.494 e. The Morgan fingerprint density at radius 2 is 1.79 bits per heavy atom. The van der Waals surface area contributed by atoms with Gasteiger partial charge < -0.3 is 14.6 Å². The van der Waals surface area contributed by atoms with Crippen molar-refractivity contribution in [3.8, 4) is 5.75 Å². The first-order valence-corrected chi connectivity index (χ1v) is 12.3. The number of pyridine rings is 1. The van der Waals surface area contributed by atoms with Gasteiger partial charge in [0, 0.05) is 16.9 Å². The number of amides is 1. The van der Waals surface area contributed by atoms with Gasteiger partial charge in [0.05, 0.1) is 22.4 Å². The minimum atomic E-state index is -4.13. The molecule has 1 N–H and O–H groups in total. The summed E-state index contributed by atoms with van der Waals surface area (Å²) in [5, 5.41) is 3.34. The van der Waals surface area contributed by atoms with Crippen LogP contribution in [0.5, 0.6) is 5.75 Å². The summed E-state index contributed by atoms with van der Waals surface area (Å²) in [6.07, 6.45) is 1.21. The average molecular weight is 497 g/mol. The number of ether oxygens (including phenoxy) is 1. The number of anilines is 1. The Morgan fingerprint density at radius 1 is 1.03 bits per heavy atom. The van der Waals surface area contributed by atoms with Crippen LogP contribution in [0, 0.1) is 0 Å². The molecule has 0 unspecified atom stereocenters. The number of carbonyl (C=O) groups excluding carboxylic acids is 1. The van der Waals surface area contributed by atoms with Crippen molar-refractivity contribution in [1.82, 2.24) is 4.57 Å². The van der Waals surface area contributed by atoms with Crippen LogP contribution in [0.4, 0.5) is 5.69 Å². The van der Waals surface area contributed by atoms with E-state index < -0.39 is 26.1 Å². The molecule has 1 amide bonds. The van der Waals surface area contributed by atoms with Gasteiger partial charge in [-0.25, -0.2) is 8.42 Å². The number of nitrogens with zero attached hydrogens (tertiary/aromatic N) is 1. The predicted molar refractivity (Wildman–Crippen MR) is 131 cm³/mol. The van der Waals surface area contributed by atoms with Crippen molar-refractivity contribution in [3.63, 3.8) is 0 Å². The lowest BCUT2D eigenvalue weighted by molar-refractivity contribution is -0.116. The number of nitrogens with one attached hydrogen (secondary N) is 1. The van der Waals surface area contributed by atoms with Gasteiger partial charge in [0.1, 0.15) is 17.2 Å². The molecule has 0 saturated carbocycles. The third-order valence-electron chi connectivity index (χ3n) is 5.10. The third kappa shape index (κ3) is 4.83. The lowest BCUT2D eigenvalue weighted by Gasteiger charge is -2.15. The topological polar surface area (TPSA) is 94.5 Å². The minimum Gasteiger partial charge on any atom is -0.494 e. The first-order valence-electron chi connectivity index (χ1n) is 10.4. The van der Waals surface area contributed by atoms with E-state index in [4.69, 9.17) is 16.3 Å². The number of fused-ring (bicyclic) bond motifs is 1. The van der Waals surface area contributed by atoms with E-state index in [9.17, 15) is 18.0 Å². The van der Waals surface area contributed by atoms with Crippen LogP contribution in [0.25, 0.3) is 10.9 Å². The number of halogens is 1. The van der Waals surface area contributed by atoms with Crippen LogP contribution >= 0.6 is 11.6 Å². The Kier molecular flexibility index (Phi) is 6.72. The molecule has 7 nitrogen and oxygen atoms in total. The minimum absolute atomic E-state index is 0.0117. The van der Waals surface area contributed by atoms with E-state index in [1.165, 1.54) is 29.0 Å². The van der Waals surface area contributed by atoms with Gasteiger partial charge in [-0.3, -0.25) is 9.59 Å². The zero-order valence-electron chi connectivity index (χ0n) is 18.2. The molecule has 0 atom stereocenters. The molecule has 0 aliphatic heterocycles. The van der Waals surface area contributed by atoms with Crippen molar-refractivity contribution in [2.24, 2.45) is 0 Å². The second-order valence-corrected chi connectivity index (χ2v) is 9.79. The molecule has 3 aromatic carbocycles. The van der Waals surface area contributed by atoms with Crippen molar-refractivity contribution in [1.29, 1.82) is 0 Å². The van der Waals surface area contributed by atoms with Gasteiger partial charge in [-0.1, -0.05) is 35.9 Å². The normalized spacial score (nSPS) is 11.4. The first kappa shape index (κ1) is 23.5. The van der Waals surface area contributed by atoms with E-state index in [1.807, 2.05) is 0 Å². The maximum atomic E-state index is 13.3. The van der Waals surface area contributed by atoms with Gasteiger partial charge in [-0.15, -0.1) is 0 Å². The Morgan fingerprint density at radius 3 is 2.50 bits per heavy atom. The number of benzene rings is 3. The summed E-state index contributed by atoms with van der Waals surface area (Å²) in [5.74, 6) is 0.0143. The number of sulfone groups is 1. The highest BCUT2D eigenvalue weighted by molar-refractivity contribution is 7.91. The summed E-state index contributed by atoms with van der Waals surface area (Å²) < 4.78 is 33.6. The van der Waals surface area contributed by atoms with Crippen LogP contribution in [0.1, 0.15) is 6.92 Å². The van der Waals surface area contributed by atoms with Gasteiger partial charge in [0.2, 0.25) is 21.2 Å². The van der Waals surface area contributed by atoms with Crippen LogP contribution in [0.2, 0.25) is 5.02 Å². The third-order valence-corrected chi connectivity index (χ3v) is 7.09. The smallest absolute Gasteiger partial charge is 0.244 e. The Bertz CT molecular complexity index is 1530. The average Bonchev–Trinajstić information content (AvgIpc) is 2.81. The number of hydrogen-bond acceptors (Lipinski definition) is 5. The van der Waals surface area contributed by atoms with Crippen LogP contribution < -0.4 is 15.5 Å². The van der Waals surface area contributed by atoms with Crippen LogP contribution in [-0.2, 0) is 21.2 Å².